The predicted octanol–water partition coefficient (Wildman–Crippen LogP) is 4.67. The maximum absolute atomic E-state index is 12.6. The Labute approximate surface area is 156 Å². The van der Waals surface area contributed by atoms with E-state index in [0.29, 0.717) is 18.3 Å². The van der Waals surface area contributed by atoms with E-state index in [-0.39, 0.29) is 27.9 Å². The number of aliphatic hydroxyl groups excluding tert-OH is 1. The van der Waals surface area contributed by atoms with E-state index in [9.17, 15) is 14.7 Å². The Hall–Kier alpha value is -1.84. The third kappa shape index (κ3) is 2.65. The fourth-order valence-electron chi connectivity index (χ4n) is 5.55. The monoisotopic (exact) mass is 358 g/mol. The second-order valence-electron chi connectivity index (χ2n) is 8.79. The van der Waals surface area contributed by atoms with Crippen LogP contribution in [0, 0.1) is 22.7 Å². The Kier molecular flexibility index (Phi) is 4.66. The average Bonchev–Trinajstić information content (AvgIpc) is 2.61. The Morgan fingerprint density at radius 1 is 1.27 bits per heavy atom. The third-order valence-electron chi connectivity index (χ3n) is 7.66. The number of ketones is 2. The van der Waals surface area contributed by atoms with E-state index in [1.165, 1.54) is 18.8 Å². The number of allylic oxidation sites excluding steroid dienone is 4. The first-order valence-corrected chi connectivity index (χ1v) is 9.59. The standard InChI is InChI=1S/C22H30O4/c1-13-7-6-8-18-21(13,3)10-9-14(2)22(18,4)12-15-16(23)11-17(26-5)20(25)19(15)24/h7,11,14,18,24H,6,8-10,12H2,1-5H3/t14-,18?,21+,22+/m0/s1. The van der Waals surface area contributed by atoms with Crippen molar-refractivity contribution in [2.75, 3.05) is 7.11 Å². The molecule has 1 N–H and O–H groups in total. The molecule has 3 aliphatic rings. The molecule has 1 fully saturated rings. The minimum atomic E-state index is -0.586. The number of carbonyl (C=O) groups is 2. The summed E-state index contributed by atoms with van der Waals surface area (Å²) in [5.74, 6) is -0.556. The molecule has 4 atom stereocenters. The molecule has 1 unspecified atom stereocenters. The van der Waals surface area contributed by atoms with Crippen LogP contribution in [0.4, 0.5) is 0 Å². The van der Waals surface area contributed by atoms with Gasteiger partial charge in [0.25, 0.3) is 5.78 Å². The van der Waals surface area contributed by atoms with Gasteiger partial charge >= 0.3 is 0 Å². The van der Waals surface area contributed by atoms with E-state index in [2.05, 4.69) is 33.8 Å². The van der Waals surface area contributed by atoms with Crippen LogP contribution in [0.15, 0.2) is 34.8 Å². The highest BCUT2D eigenvalue weighted by atomic mass is 16.5. The van der Waals surface area contributed by atoms with Crippen molar-refractivity contribution in [1.29, 1.82) is 0 Å². The zero-order valence-corrected chi connectivity index (χ0v) is 16.5. The molecule has 0 saturated heterocycles. The first-order valence-electron chi connectivity index (χ1n) is 9.59. The minimum absolute atomic E-state index is 0.0839. The van der Waals surface area contributed by atoms with Crippen molar-refractivity contribution in [3.63, 3.8) is 0 Å². The number of Topliss-reactive ketones (excluding diaryl/α,β-unsaturated/α-hetero) is 1. The van der Waals surface area contributed by atoms with Crippen LogP contribution in [0.3, 0.4) is 0 Å². The molecule has 0 spiro atoms. The molecule has 3 aliphatic carbocycles. The van der Waals surface area contributed by atoms with Crippen molar-refractivity contribution in [3.8, 4) is 0 Å². The summed E-state index contributed by atoms with van der Waals surface area (Å²) < 4.78 is 4.93. The van der Waals surface area contributed by atoms with E-state index >= 15 is 0 Å². The Bertz CT molecular complexity index is 741. The highest BCUT2D eigenvalue weighted by molar-refractivity contribution is 6.20. The lowest BCUT2D eigenvalue weighted by Gasteiger charge is -2.58. The van der Waals surface area contributed by atoms with Gasteiger partial charge in [-0.3, -0.25) is 9.59 Å². The van der Waals surface area contributed by atoms with Crippen LogP contribution in [0.2, 0.25) is 0 Å². The molecule has 0 aromatic carbocycles. The summed E-state index contributed by atoms with van der Waals surface area (Å²) in [5.41, 5.74) is 1.68. The molecule has 1 saturated carbocycles. The topological polar surface area (TPSA) is 63.6 Å². The normalized spacial score (nSPS) is 37.9. The number of fused-ring (bicyclic) bond motifs is 1. The number of hydrogen-bond donors (Lipinski definition) is 1. The summed E-state index contributed by atoms with van der Waals surface area (Å²) in [7, 11) is 1.34. The van der Waals surface area contributed by atoms with Gasteiger partial charge in [-0.05, 0) is 61.7 Å². The van der Waals surface area contributed by atoms with Gasteiger partial charge < -0.3 is 9.84 Å². The van der Waals surface area contributed by atoms with Crippen molar-refractivity contribution in [1.82, 2.24) is 0 Å². The van der Waals surface area contributed by atoms with Crippen LogP contribution in [-0.2, 0) is 14.3 Å². The molecule has 0 bridgehead atoms. The number of carbonyl (C=O) groups excluding carboxylic acids is 2. The number of hydrogen-bond acceptors (Lipinski definition) is 4. The second-order valence-corrected chi connectivity index (χ2v) is 8.79. The second kappa shape index (κ2) is 6.40. The van der Waals surface area contributed by atoms with E-state index in [1.807, 2.05) is 0 Å². The predicted molar refractivity (Wildman–Crippen MR) is 100 cm³/mol. The van der Waals surface area contributed by atoms with Gasteiger partial charge in [0, 0.05) is 11.6 Å². The van der Waals surface area contributed by atoms with Crippen LogP contribution < -0.4 is 0 Å². The van der Waals surface area contributed by atoms with Gasteiger partial charge in [-0.1, -0.05) is 32.4 Å². The van der Waals surface area contributed by atoms with Gasteiger partial charge in [0.2, 0.25) is 0 Å². The molecule has 0 aliphatic heterocycles. The largest absolute Gasteiger partial charge is 0.504 e. The fraction of sp³-hybridized carbons (Fsp3) is 0.636. The van der Waals surface area contributed by atoms with Crippen molar-refractivity contribution in [3.05, 3.63) is 34.8 Å². The van der Waals surface area contributed by atoms with E-state index < -0.39 is 11.5 Å². The minimum Gasteiger partial charge on any atom is -0.504 e. The van der Waals surface area contributed by atoms with Gasteiger partial charge in [0.1, 0.15) is 0 Å². The first-order chi connectivity index (χ1) is 12.1. The molecule has 4 heteroatoms. The summed E-state index contributed by atoms with van der Waals surface area (Å²) in [6.07, 6.45) is 8.40. The molecule has 142 valence electrons. The van der Waals surface area contributed by atoms with Crippen LogP contribution in [0.25, 0.3) is 0 Å². The van der Waals surface area contributed by atoms with Gasteiger partial charge in [-0.15, -0.1) is 0 Å². The van der Waals surface area contributed by atoms with Crippen LogP contribution in [0.5, 0.6) is 0 Å². The van der Waals surface area contributed by atoms with Crippen LogP contribution in [0.1, 0.15) is 59.8 Å². The zero-order valence-electron chi connectivity index (χ0n) is 16.5. The van der Waals surface area contributed by atoms with E-state index in [1.54, 1.807) is 0 Å². The molecule has 0 amide bonds. The Morgan fingerprint density at radius 3 is 2.62 bits per heavy atom. The molecule has 0 heterocycles. The molecule has 3 rings (SSSR count). The lowest BCUT2D eigenvalue weighted by Crippen LogP contribution is -2.50. The number of rotatable bonds is 3. The summed E-state index contributed by atoms with van der Waals surface area (Å²) in [6.45, 7) is 9.06. The Balaban J connectivity index is 2.00. The zero-order chi connectivity index (χ0) is 19.3. The fourth-order valence-corrected chi connectivity index (χ4v) is 5.55. The molecule has 0 aromatic rings. The van der Waals surface area contributed by atoms with Gasteiger partial charge in [-0.2, -0.15) is 0 Å². The highest BCUT2D eigenvalue weighted by Crippen LogP contribution is 2.62. The van der Waals surface area contributed by atoms with Crippen molar-refractivity contribution in [2.24, 2.45) is 22.7 Å². The lowest BCUT2D eigenvalue weighted by molar-refractivity contribution is -0.121. The summed E-state index contributed by atoms with van der Waals surface area (Å²) in [4.78, 5) is 24.9. The molecule has 0 radical (unpaired) electrons. The van der Waals surface area contributed by atoms with E-state index in [4.69, 9.17) is 4.74 Å². The number of ether oxygens (including phenoxy) is 1. The highest BCUT2D eigenvalue weighted by Gasteiger charge is 2.54. The van der Waals surface area contributed by atoms with Crippen molar-refractivity contribution in [2.45, 2.75) is 59.8 Å². The summed E-state index contributed by atoms with van der Waals surface area (Å²) in [6, 6.07) is 0. The maximum atomic E-state index is 12.6. The quantitative estimate of drug-likeness (QED) is 0.588. The average molecular weight is 358 g/mol. The molecular weight excluding hydrogens is 328 g/mol. The number of methoxy groups -OCH3 is 1. The maximum Gasteiger partial charge on any atom is 0.262 e. The SMILES string of the molecule is COC1=CC(=O)C(C[C@@]2(C)C3CCC=C(C)[C@@]3(C)CC[C@@H]2C)=C(O)C1=O. The molecular formula is C22H30O4. The van der Waals surface area contributed by atoms with E-state index in [0.717, 1.165) is 25.7 Å². The first kappa shape index (κ1) is 18.9. The molecule has 26 heavy (non-hydrogen) atoms. The van der Waals surface area contributed by atoms with Crippen molar-refractivity contribution < 1.29 is 19.4 Å². The van der Waals surface area contributed by atoms with Gasteiger partial charge in [0.15, 0.2) is 17.3 Å². The summed E-state index contributed by atoms with van der Waals surface area (Å²) in [5, 5.41) is 10.4. The van der Waals surface area contributed by atoms with Gasteiger partial charge in [0.05, 0.1) is 7.11 Å². The van der Waals surface area contributed by atoms with Crippen LogP contribution >= 0.6 is 0 Å². The van der Waals surface area contributed by atoms with Crippen molar-refractivity contribution >= 4 is 11.6 Å². The molecule has 0 aromatic heterocycles. The summed E-state index contributed by atoms with van der Waals surface area (Å²) >= 11 is 0. The smallest absolute Gasteiger partial charge is 0.262 e. The van der Waals surface area contributed by atoms with Crippen LogP contribution in [-0.4, -0.2) is 23.8 Å². The lowest BCUT2D eigenvalue weighted by atomic mass is 9.46. The Morgan fingerprint density at radius 2 is 1.96 bits per heavy atom. The molecule has 4 nitrogen and oxygen atoms in total. The van der Waals surface area contributed by atoms with Gasteiger partial charge in [-0.25, -0.2) is 0 Å². The number of aliphatic hydroxyl groups is 1. The third-order valence-corrected chi connectivity index (χ3v) is 7.66.